The minimum atomic E-state index is -1.23. The number of amides is 2. The number of aliphatic carboxylic acids is 2. The van der Waals surface area contributed by atoms with Gasteiger partial charge in [-0.05, 0) is 13.3 Å². The van der Waals surface area contributed by atoms with Gasteiger partial charge in [0.2, 0.25) is 11.8 Å². The van der Waals surface area contributed by atoms with Gasteiger partial charge in [0.1, 0.15) is 18.6 Å². The van der Waals surface area contributed by atoms with Crippen LogP contribution in [0.4, 0.5) is 0 Å². The quantitative estimate of drug-likeness (QED) is 0.227. The van der Waals surface area contributed by atoms with Crippen molar-refractivity contribution in [3.63, 3.8) is 0 Å². The number of carbonyl (C=O) groups is 4. The van der Waals surface area contributed by atoms with Crippen molar-refractivity contribution in [1.82, 2.24) is 10.6 Å². The normalized spacial score (nSPS) is 14.3. The molecule has 0 heterocycles. The Hall–Kier alpha value is -1.85. The summed E-state index contributed by atoms with van der Waals surface area (Å²) in [5.41, 5.74) is 5.29. The van der Waals surface area contributed by atoms with Gasteiger partial charge in [-0.2, -0.15) is 11.8 Å². The summed E-state index contributed by atoms with van der Waals surface area (Å²) < 4.78 is 0. The molecule has 2 amide bonds. The molecule has 3 atom stereocenters. The zero-order valence-electron chi connectivity index (χ0n) is 13.2. The minimum Gasteiger partial charge on any atom is -0.480 e. The number of aliphatic hydroxyl groups is 1. The van der Waals surface area contributed by atoms with Gasteiger partial charge in [0.15, 0.2) is 0 Å². The SMILES string of the molecule is C[C@@H](O)CSC[C@H](NC(=O)CC[C@H](N)C(=O)O)C(=O)NCC(=O)O. The zero-order valence-corrected chi connectivity index (χ0v) is 14.0. The third-order valence-electron chi connectivity index (χ3n) is 2.71. The first-order valence-corrected chi connectivity index (χ1v) is 8.32. The van der Waals surface area contributed by atoms with Gasteiger partial charge in [0.05, 0.1) is 6.10 Å². The first-order chi connectivity index (χ1) is 11.1. The lowest BCUT2D eigenvalue weighted by atomic mass is 10.1. The summed E-state index contributed by atoms with van der Waals surface area (Å²) in [5, 5.41) is 31.0. The molecule has 0 fully saturated rings. The number of nitrogens with one attached hydrogen (secondary N) is 2. The van der Waals surface area contributed by atoms with Crippen molar-refractivity contribution in [3.8, 4) is 0 Å². The van der Waals surface area contributed by atoms with Crippen molar-refractivity contribution in [1.29, 1.82) is 0 Å². The summed E-state index contributed by atoms with van der Waals surface area (Å²) >= 11 is 1.21. The molecule has 7 N–H and O–H groups in total. The molecule has 11 heteroatoms. The Bertz CT molecular complexity index is 459. The number of carboxylic acids is 2. The van der Waals surface area contributed by atoms with E-state index in [0.29, 0.717) is 5.75 Å². The van der Waals surface area contributed by atoms with Crippen molar-refractivity contribution < 1.29 is 34.5 Å². The van der Waals surface area contributed by atoms with Crippen LogP contribution in [-0.2, 0) is 19.2 Å². The molecule has 0 aromatic carbocycles. The number of carboxylic acid groups (broad SMARTS) is 2. The van der Waals surface area contributed by atoms with E-state index in [-0.39, 0.29) is 18.6 Å². The van der Waals surface area contributed by atoms with Crippen LogP contribution in [0.15, 0.2) is 0 Å². The third-order valence-corrected chi connectivity index (χ3v) is 4.00. The molecule has 138 valence electrons. The molecule has 0 spiro atoms. The van der Waals surface area contributed by atoms with E-state index in [1.165, 1.54) is 11.8 Å². The molecule has 0 saturated heterocycles. The predicted octanol–water partition coefficient (Wildman–Crippen LogP) is -2.02. The van der Waals surface area contributed by atoms with E-state index in [9.17, 15) is 24.3 Å². The van der Waals surface area contributed by atoms with E-state index < -0.39 is 48.5 Å². The summed E-state index contributed by atoms with van der Waals surface area (Å²) in [7, 11) is 0. The van der Waals surface area contributed by atoms with Crippen LogP contribution in [0.25, 0.3) is 0 Å². The Morgan fingerprint density at radius 3 is 2.29 bits per heavy atom. The smallest absolute Gasteiger partial charge is 0.322 e. The van der Waals surface area contributed by atoms with Crippen LogP contribution in [0, 0.1) is 0 Å². The average Bonchev–Trinajstić information content (AvgIpc) is 2.48. The van der Waals surface area contributed by atoms with Crippen LogP contribution < -0.4 is 16.4 Å². The second kappa shape index (κ2) is 11.6. The Morgan fingerprint density at radius 1 is 1.17 bits per heavy atom. The van der Waals surface area contributed by atoms with Gasteiger partial charge in [-0.1, -0.05) is 0 Å². The van der Waals surface area contributed by atoms with Gasteiger partial charge in [0, 0.05) is 17.9 Å². The highest BCUT2D eigenvalue weighted by Crippen LogP contribution is 2.06. The molecule has 0 radical (unpaired) electrons. The summed E-state index contributed by atoms with van der Waals surface area (Å²) in [5.74, 6) is -3.23. The van der Waals surface area contributed by atoms with Gasteiger partial charge in [-0.3, -0.25) is 19.2 Å². The molecule has 10 nitrogen and oxygen atoms in total. The van der Waals surface area contributed by atoms with Crippen molar-refractivity contribution >= 4 is 35.5 Å². The Kier molecular flexibility index (Phi) is 10.8. The van der Waals surface area contributed by atoms with Crippen LogP contribution in [0.2, 0.25) is 0 Å². The first-order valence-electron chi connectivity index (χ1n) is 7.16. The highest BCUT2D eigenvalue weighted by Gasteiger charge is 2.22. The van der Waals surface area contributed by atoms with Crippen LogP contribution in [0.1, 0.15) is 19.8 Å². The van der Waals surface area contributed by atoms with Gasteiger partial charge in [-0.15, -0.1) is 0 Å². The largest absolute Gasteiger partial charge is 0.480 e. The summed E-state index contributed by atoms with van der Waals surface area (Å²) in [6, 6.07) is -2.18. The second-order valence-corrected chi connectivity index (χ2v) is 6.18. The van der Waals surface area contributed by atoms with Crippen LogP contribution >= 0.6 is 11.8 Å². The van der Waals surface area contributed by atoms with E-state index in [0.717, 1.165) is 0 Å². The highest BCUT2D eigenvalue weighted by atomic mass is 32.2. The van der Waals surface area contributed by atoms with E-state index in [4.69, 9.17) is 15.9 Å². The number of aliphatic hydroxyl groups excluding tert-OH is 1. The summed E-state index contributed by atoms with van der Waals surface area (Å²) in [4.78, 5) is 44.8. The fourth-order valence-electron chi connectivity index (χ4n) is 1.50. The standard InChI is InChI=1S/C13H23N3O7S/c1-7(17)5-24-6-9(12(21)15-4-11(19)20)16-10(18)3-2-8(14)13(22)23/h7-9,17H,2-6,14H2,1H3,(H,15,21)(H,16,18)(H,19,20)(H,22,23)/t7-,8+,9+/m1/s1. The molecule has 0 aromatic rings. The second-order valence-electron chi connectivity index (χ2n) is 5.10. The van der Waals surface area contributed by atoms with Crippen molar-refractivity contribution in [3.05, 3.63) is 0 Å². The maximum absolute atomic E-state index is 11.9. The lowest BCUT2D eigenvalue weighted by Crippen LogP contribution is -2.49. The molecule has 0 aliphatic heterocycles. The van der Waals surface area contributed by atoms with Crippen molar-refractivity contribution in [2.45, 2.75) is 38.0 Å². The van der Waals surface area contributed by atoms with Gasteiger partial charge >= 0.3 is 11.9 Å². The van der Waals surface area contributed by atoms with Gasteiger partial charge < -0.3 is 31.7 Å². The maximum atomic E-state index is 11.9. The number of nitrogens with two attached hydrogens (primary N) is 1. The topological polar surface area (TPSA) is 179 Å². The lowest BCUT2D eigenvalue weighted by molar-refractivity contribution is -0.139. The van der Waals surface area contributed by atoms with Gasteiger partial charge in [-0.25, -0.2) is 0 Å². The zero-order chi connectivity index (χ0) is 18.7. The first kappa shape index (κ1) is 22.1. The number of hydrogen-bond donors (Lipinski definition) is 6. The highest BCUT2D eigenvalue weighted by molar-refractivity contribution is 7.99. The summed E-state index contributed by atoms with van der Waals surface area (Å²) in [6.07, 6.45) is -0.870. The Balaban J connectivity index is 4.55. The molecule has 0 aromatic heterocycles. The number of carbonyl (C=O) groups excluding carboxylic acids is 2. The number of hydrogen-bond acceptors (Lipinski definition) is 7. The molecule has 0 unspecified atom stereocenters. The molecule has 0 aliphatic rings. The Morgan fingerprint density at radius 2 is 1.79 bits per heavy atom. The van der Waals surface area contributed by atoms with E-state index >= 15 is 0 Å². The van der Waals surface area contributed by atoms with Crippen LogP contribution in [0.5, 0.6) is 0 Å². The van der Waals surface area contributed by atoms with E-state index in [1.807, 2.05) is 0 Å². The summed E-state index contributed by atoms with van der Waals surface area (Å²) in [6.45, 7) is 0.981. The fourth-order valence-corrected chi connectivity index (χ4v) is 2.45. The molecular formula is C13H23N3O7S. The molecule has 0 rings (SSSR count). The maximum Gasteiger partial charge on any atom is 0.322 e. The minimum absolute atomic E-state index is 0.0918. The molecule has 0 bridgehead atoms. The van der Waals surface area contributed by atoms with E-state index in [2.05, 4.69) is 10.6 Å². The lowest BCUT2D eigenvalue weighted by Gasteiger charge is -2.18. The monoisotopic (exact) mass is 365 g/mol. The predicted molar refractivity (Wildman–Crippen MR) is 86.4 cm³/mol. The Labute approximate surface area is 143 Å². The molecule has 0 aliphatic carbocycles. The average molecular weight is 365 g/mol. The van der Waals surface area contributed by atoms with Crippen LogP contribution in [-0.4, -0.2) is 75.3 Å². The van der Waals surface area contributed by atoms with Crippen molar-refractivity contribution in [2.75, 3.05) is 18.1 Å². The van der Waals surface area contributed by atoms with E-state index in [1.54, 1.807) is 6.92 Å². The fraction of sp³-hybridized carbons (Fsp3) is 0.692. The number of thioether (sulfide) groups is 1. The number of rotatable bonds is 12. The molecular weight excluding hydrogens is 342 g/mol. The van der Waals surface area contributed by atoms with Crippen LogP contribution in [0.3, 0.4) is 0 Å². The molecule has 0 saturated carbocycles. The third kappa shape index (κ3) is 10.8. The van der Waals surface area contributed by atoms with Gasteiger partial charge in [0.25, 0.3) is 0 Å². The van der Waals surface area contributed by atoms with Crippen molar-refractivity contribution in [2.24, 2.45) is 5.73 Å². The molecule has 24 heavy (non-hydrogen) atoms.